The molecule has 0 heterocycles. The highest BCUT2D eigenvalue weighted by Crippen LogP contribution is 2.29. The number of aryl methyl sites for hydroxylation is 1. The molecule has 27 heavy (non-hydrogen) atoms. The number of ether oxygens (including phenoxy) is 1. The van der Waals surface area contributed by atoms with Gasteiger partial charge in [-0.2, -0.15) is 0 Å². The molecule has 2 rings (SSSR count). The number of benzene rings is 2. The Hall–Kier alpha value is -2.11. The van der Waals surface area contributed by atoms with Crippen molar-refractivity contribution in [2.24, 2.45) is 0 Å². The Morgan fingerprint density at radius 3 is 2.56 bits per heavy atom. The lowest BCUT2D eigenvalue weighted by atomic mass is 10.0. The number of hydrogen-bond donors (Lipinski definition) is 1. The molecule has 0 saturated heterocycles. The normalized spacial score (nSPS) is 10.9. The minimum Gasteiger partial charge on any atom is -0.494 e. The SMILES string of the molecule is CCc1ccc(Cl)c(CC)c1NC(=O)CN(C)Cc1ccc(OC)c(F)c1. The van der Waals surface area contributed by atoms with Gasteiger partial charge < -0.3 is 10.1 Å². The average Bonchev–Trinajstić information content (AvgIpc) is 2.62. The summed E-state index contributed by atoms with van der Waals surface area (Å²) in [5.41, 5.74) is 3.59. The van der Waals surface area contributed by atoms with Crippen LogP contribution in [0.5, 0.6) is 5.75 Å². The molecule has 0 atom stereocenters. The zero-order valence-corrected chi connectivity index (χ0v) is 17.0. The number of methoxy groups -OCH3 is 1. The van der Waals surface area contributed by atoms with Crippen LogP contribution in [-0.2, 0) is 24.2 Å². The molecule has 0 saturated carbocycles. The van der Waals surface area contributed by atoms with Crippen LogP contribution < -0.4 is 10.1 Å². The minimum atomic E-state index is -0.410. The van der Waals surface area contributed by atoms with Crippen LogP contribution in [0.15, 0.2) is 30.3 Å². The molecule has 146 valence electrons. The Labute approximate surface area is 165 Å². The Kier molecular flexibility index (Phi) is 7.63. The van der Waals surface area contributed by atoms with E-state index in [1.54, 1.807) is 12.1 Å². The Bertz CT molecular complexity index is 811. The molecule has 1 amide bonds. The third-order valence-electron chi connectivity index (χ3n) is 4.42. The smallest absolute Gasteiger partial charge is 0.238 e. The van der Waals surface area contributed by atoms with Gasteiger partial charge in [-0.05, 0) is 54.8 Å². The van der Waals surface area contributed by atoms with Gasteiger partial charge >= 0.3 is 0 Å². The molecule has 6 heteroatoms. The van der Waals surface area contributed by atoms with E-state index in [0.29, 0.717) is 11.6 Å². The van der Waals surface area contributed by atoms with Crippen LogP contribution in [0.3, 0.4) is 0 Å². The first-order valence-electron chi connectivity index (χ1n) is 9.00. The summed E-state index contributed by atoms with van der Waals surface area (Å²) in [5.74, 6) is -0.329. The highest BCUT2D eigenvalue weighted by Gasteiger charge is 2.15. The highest BCUT2D eigenvalue weighted by atomic mass is 35.5. The van der Waals surface area contributed by atoms with Crippen molar-refractivity contribution in [3.63, 3.8) is 0 Å². The summed E-state index contributed by atoms with van der Waals surface area (Å²) < 4.78 is 18.7. The second-order valence-corrected chi connectivity index (χ2v) is 6.86. The van der Waals surface area contributed by atoms with E-state index in [-0.39, 0.29) is 18.2 Å². The maximum absolute atomic E-state index is 13.8. The summed E-state index contributed by atoms with van der Waals surface area (Å²) in [5, 5.41) is 3.67. The predicted octanol–water partition coefficient (Wildman–Crippen LogP) is 4.68. The van der Waals surface area contributed by atoms with Crippen molar-refractivity contribution in [2.45, 2.75) is 33.2 Å². The molecule has 0 aliphatic rings. The van der Waals surface area contributed by atoms with Gasteiger partial charge in [0.25, 0.3) is 0 Å². The summed E-state index contributed by atoms with van der Waals surface area (Å²) in [6.07, 6.45) is 1.55. The second kappa shape index (κ2) is 9.72. The van der Waals surface area contributed by atoms with Crippen molar-refractivity contribution in [2.75, 3.05) is 26.0 Å². The van der Waals surface area contributed by atoms with Gasteiger partial charge in [-0.25, -0.2) is 4.39 Å². The van der Waals surface area contributed by atoms with Gasteiger partial charge in [0, 0.05) is 17.3 Å². The molecule has 0 aromatic heterocycles. The van der Waals surface area contributed by atoms with Gasteiger partial charge in [0.2, 0.25) is 5.91 Å². The number of carbonyl (C=O) groups excluding carboxylic acids is 1. The summed E-state index contributed by atoms with van der Waals surface area (Å²) in [7, 11) is 3.25. The first-order chi connectivity index (χ1) is 12.9. The zero-order valence-electron chi connectivity index (χ0n) is 16.2. The molecule has 0 radical (unpaired) electrons. The van der Waals surface area contributed by atoms with Gasteiger partial charge in [0.15, 0.2) is 11.6 Å². The molecule has 0 fully saturated rings. The van der Waals surface area contributed by atoms with Crippen LogP contribution in [0, 0.1) is 5.82 Å². The van der Waals surface area contributed by atoms with Crippen LogP contribution in [0.25, 0.3) is 0 Å². The van der Waals surface area contributed by atoms with Crippen LogP contribution >= 0.6 is 11.6 Å². The zero-order chi connectivity index (χ0) is 20.0. The van der Waals surface area contributed by atoms with E-state index in [2.05, 4.69) is 5.32 Å². The van der Waals surface area contributed by atoms with Crippen molar-refractivity contribution in [1.82, 2.24) is 4.90 Å². The first kappa shape index (κ1) is 21.2. The van der Waals surface area contributed by atoms with E-state index in [1.165, 1.54) is 13.2 Å². The lowest BCUT2D eigenvalue weighted by Gasteiger charge is -2.19. The van der Waals surface area contributed by atoms with E-state index in [0.717, 1.165) is 35.2 Å². The van der Waals surface area contributed by atoms with Gasteiger partial charge in [-0.3, -0.25) is 9.69 Å². The second-order valence-electron chi connectivity index (χ2n) is 6.46. The Balaban J connectivity index is 2.05. The molecule has 0 unspecified atom stereocenters. The molecule has 0 aliphatic heterocycles. The van der Waals surface area contributed by atoms with E-state index in [4.69, 9.17) is 16.3 Å². The number of nitrogens with zero attached hydrogens (tertiary/aromatic N) is 1. The lowest BCUT2D eigenvalue weighted by Crippen LogP contribution is -2.30. The highest BCUT2D eigenvalue weighted by molar-refractivity contribution is 6.32. The summed E-state index contributed by atoms with van der Waals surface area (Å²) in [6.45, 7) is 4.70. The first-order valence-corrected chi connectivity index (χ1v) is 9.38. The number of carbonyl (C=O) groups is 1. The van der Waals surface area contributed by atoms with Crippen molar-refractivity contribution in [3.8, 4) is 5.75 Å². The third-order valence-corrected chi connectivity index (χ3v) is 4.78. The van der Waals surface area contributed by atoms with Gasteiger partial charge in [0.1, 0.15) is 0 Å². The summed E-state index contributed by atoms with van der Waals surface area (Å²) in [6, 6.07) is 8.62. The molecule has 0 spiro atoms. The molecular formula is C21H26ClFN2O2. The maximum atomic E-state index is 13.8. The maximum Gasteiger partial charge on any atom is 0.238 e. The summed E-state index contributed by atoms with van der Waals surface area (Å²) >= 11 is 6.29. The van der Waals surface area contributed by atoms with E-state index in [1.807, 2.05) is 37.9 Å². The molecule has 2 aromatic rings. The Morgan fingerprint density at radius 2 is 1.96 bits per heavy atom. The van der Waals surface area contributed by atoms with Gasteiger partial charge in [0.05, 0.1) is 13.7 Å². The number of likely N-dealkylation sites (N-methyl/N-ethyl adjacent to an activating group) is 1. The fourth-order valence-corrected chi connectivity index (χ4v) is 3.36. The number of nitrogens with one attached hydrogen (secondary N) is 1. The third kappa shape index (κ3) is 5.44. The fourth-order valence-electron chi connectivity index (χ4n) is 3.07. The van der Waals surface area contributed by atoms with Crippen LogP contribution in [-0.4, -0.2) is 31.5 Å². The molecule has 4 nitrogen and oxygen atoms in total. The lowest BCUT2D eigenvalue weighted by molar-refractivity contribution is -0.117. The number of halogens is 2. The average molecular weight is 393 g/mol. The van der Waals surface area contributed by atoms with Gasteiger partial charge in [-0.1, -0.05) is 37.6 Å². The minimum absolute atomic E-state index is 0.127. The van der Waals surface area contributed by atoms with Crippen molar-refractivity contribution in [1.29, 1.82) is 0 Å². The van der Waals surface area contributed by atoms with Crippen molar-refractivity contribution >= 4 is 23.2 Å². The van der Waals surface area contributed by atoms with Gasteiger partial charge in [-0.15, -0.1) is 0 Å². The molecule has 2 aromatic carbocycles. The number of amides is 1. The number of rotatable bonds is 8. The topological polar surface area (TPSA) is 41.6 Å². The predicted molar refractivity (Wildman–Crippen MR) is 108 cm³/mol. The van der Waals surface area contributed by atoms with E-state index >= 15 is 0 Å². The molecule has 0 aliphatic carbocycles. The van der Waals surface area contributed by atoms with E-state index < -0.39 is 5.82 Å². The quantitative estimate of drug-likeness (QED) is 0.709. The Morgan fingerprint density at radius 1 is 1.22 bits per heavy atom. The fraction of sp³-hybridized carbons (Fsp3) is 0.381. The number of anilines is 1. The standard InChI is InChI=1S/C21H26ClFN2O2/c1-5-15-8-9-17(22)16(6-2)21(15)24-20(26)13-25(3)12-14-7-10-19(27-4)18(23)11-14/h7-11H,5-6,12-13H2,1-4H3,(H,24,26). The van der Waals surface area contributed by atoms with Crippen LogP contribution in [0.1, 0.15) is 30.5 Å². The van der Waals surface area contributed by atoms with Crippen molar-refractivity contribution < 1.29 is 13.9 Å². The van der Waals surface area contributed by atoms with Crippen molar-refractivity contribution in [3.05, 3.63) is 57.9 Å². The largest absolute Gasteiger partial charge is 0.494 e. The number of hydrogen-bond acceptors (Lipinski definition) is 3. The van der Waals surface area contributed by atoms with Crippen LogP contribution in [0.2, 0.25) is 5.02 Å². The molecule has 1 N–H and O–H groups in total. The monoisotopic (exact) mass is 392 g/mol. The van der Waals surface area contributed by atoms with E-state index in [9.17, 15) is 9.18 Å². The van der Waals surface area contributed by atoms with Crippen LogP contribution in [0.4, 0.5) is 10.1 Å². The molecular weight excluding hydrogens is 367 g/mol. The summed E-state index contributed by atoms with van der Waals surface area (Å²) in [4.78, 5) is 14.4. The molecule has 0 bridgehead atoms.